The molecule has 0 amide bonds. The van der Waals surface area contributed by atoms with Crippen molar-refractivity contribution < 1.29 is 145 Å². The zero-order valence-corrected chi connectivity index (χ0v) is 22.3. The first-order valence-electron chi connectivity index (χ1n) is 10.3. The maximum absolute atomic E-state index is 13.7. The van der Waals surface area contributed by atoms with E-state index in [0.29, 0.717) is 0 Å². The van der Waals surface area contributed by atoms with E-state index in [2.05, 4.69) is 5.73 Å². The Morgan fingerprint density at radius 1 is 0.176 bits per heavy atom. The summed E-state index contributed by atoms with van der Waals surface area (Å²) in [6, 6.07) is -7.40. The van der Waals surface area contributed by atoms with Crippen LogP contribution in [0.25, 0.3) is 0 Å². The highest BCUT2D eigenvalue weighted by atomic mass is 35.5. The summed E-state index contributed by atoms with van der Waals surface area (Å²) in [6.45, 7) is 0. The van der Waals surface area contributed by atoms with E-state index in [-0.39, 0.29) is 12.4 Å². The van der Waals surface area contributed by atoms with E-state index in [1.807, 2.05) is 0 Å². The fourth-order valence-electron chi connectivity index (χ4n) is 2.75. The second kappa shape index (κ2) is 12.0. The third-order valence-corrected chi connectivity index (χ3v) is 5.90. The predicted octanol–water partition coefficient (Wildman–Crippen LogP) is 10.4. The molecule has 0 fully saturated rings. The average Bonchev–Trinajstić information content (AvgIpc) is 2.85. The van der Waals surface area contributed by atoms with Gasteiger partial charge in [0, 0.05) is 0 Å². The summed E-state index contributed by atoms with van der Waals surface area (Å²) in [6.07, 6.45) is -8.38. The highest BCUT2D eigenvalue weighted by Gasteiger charge is 3.01. The van der Waals surface area contributed by atoms with Crippen molar-refractivity contribution in [2.45, 2.75) is 95.1 Å². The lowest BCUT2D eigenvalue weighted by molar-refractivity contribution is -0.491. The third kappa shape index (κ3) is 5.72. The van der Waals surface area contributed by atoms with Gasteiger partial charge in [0.2, 0.25) is 0 Å². The number of hydrogen-bond donors (Lipinski definition) is 1. The van der Waals surface area contributed by atoms with Crippen LogP contribution in [0.3, 0.4) is 0 Å². The largest absolute Gasteiger partial charge is 0.460 e. The molecule has 0 aliphatic carbocycles. The maximum Gasteiger partial charge on any atom is 0.460 e. The summed E-state index contributed by atoms with van der Waals surface area (Å²) in [5.74, 6) is -136. The van der Waals surface area contributed by atoms with Crippen molar-refractivity contribution in [1.29, 1.82) is 0 Å². The molecular formula is C16H3ClF33N. The first-order valence-corrected chi connectivity index (χ1v) is 10.3. The zero-order chi connectivity index (χ0) is 42.0. The summed E-state index contributed by atoms with van der Waals surface area (Å²) < 4.78 is 437. The number of halogens is 34. The molecule has 0 bridgehead atoms. The van der Waals surface area contributed by atoms with Crippen LogP contribution in [0, 0.1) is 0 Å². The van der Waals surface area contributed by atoms with E-state index >= 15 is 0 Å². The maximum atomic E-state index is 13.7. The van der Waals surface area contributed by atoms with Gasteiger partial charge in [-0.25, -0.2) is 0 Å². The summed E-state index contributed by atoms with van der Waals surface area (Å²) in [4.78, 5) is 0. The molecule has 0 saturated carbocycles. The van der Waals surface area contributed by atoms with E-state index in [9.17, 15) is 145 Å². The molecule has 0 unspecified atom stereocenters. The lowest BCUT2D eigenvalue weighted by Gasteiger charge is -2.46. The van der Waals surface area contributed by atoms with Crippen molar-refractivity contribution in [3.05, 3.63) is 0 Å². The summed E-state index contributed by atoms with van der Waals surface area (Å²) >= 11 is 0. The minimum atomic E-state index is -10.2. The smallest absolute Gasteiger partial charge is 0.267 e. The predicted molar refractivity (Wildman–Crippen MR) is 91.7 cm³/mol. The molecule has 0 atom stereocenters. The van der Waals surface area contributed by atoms with E-state index < -0.39 is 95.1 Å². The van der Waals surface area contributed by atoms with Crippen LogP contribution >= 0.6 is 12.4 Å². The standard InChI is InChI=1S/C16H2F33N.ClH/c17-1(18,3(21,22)5(25,26)7(29,30)9(33,34)11(37,38)13(41,42)15(45,46)47)2(19,20)4(23,24)6(27,28)8(31,32)10(35,36)12(39,40)14(43,44)16(48,49)50;/h50H2;1H. The molecule has 0 radical (unpaired) electrons. The fourth-order valence-corrected chi connectivity index (χ4v) is 2.75. The van der Waals surface area contributed by atoms with Gasteiger partial charge in [-0.1, -0.05) is 0 Å². The van der Waals surface area contributed by atoms with Gasteiger partial charge in [-0.05, 0) is 0 Å². The number of rotatable bonds is 14. The molecule has 0 aromatic rings. The summed E-state index contributed by atoms with van der Waals surface area (Å²) in [7, 11) is 0. The van der Waals surface area contributed by atoms with Crippen LogP contribution in [0.4, 0.5) is 145 Å². The van der Waals surface area contributed by atoms with Crippen LogP contribution in [0.5, 0.6) is 0 Å². The quantitative estimate of drug-likeness (QED) is 0.137. The van der Waals surface area contributed by atoms with Gasteiger partial charge < -0.3 is 0 Å². The highest BCUT2D eigenvalue weighted by Crippen LogP contribution is 2.69. The molecule has 0 aliphatic rings. The van der Waals surface area contributed by atoms with E-state index in [0.717, 1.165) is 0 Å². The normalized spacial score (nSPS) is 17.1. The average molecular weight is 872 g/mol. The minimum absolute atomic E-state index is 0. The summed E-state index contributed by atoms with van der Waals surface area (Å²) in [5.41, 5.74) is 2.88. The number of alkyl halides is 33. The van der Waals surface area contributed by atoms with Crippen molar-refractivity contribution in [1.82, 2.24) is 0 Å². The van der Waals surface area contributed by atoms with Crippen molar-refractivity contribution in [3.63, 3.8) is 0 Å². The Hall–Kier alpha value is -2.06. The van der Waals surface area contributed by atoms with Gasteiger partial charge in [0.15, 0.2) is 0 Å². The van der Waals surface area contributed by atoms with Crippen LogP contribution in [0.2, 0.25) is 0 Å². The van der Waals surface area contributed by atoms with Gasteiger partial charge >= 0.3 is 95.1 Å². The first kappa shape index (κ1) is 51.0. The number of hydrogen-bond acceptors (Lipinski definition) is 1. The molecule has 0 aliphatic heterocycles. The topological polar surface area (TPSA) is 26.0 Å². The van der Waals surface area contributed by atoms with Crippen molar-refractivity contribution in [3.8, 4) is 0 Å². The Bertz CT molecular complexity index is 1150. The molecule has 0 aromatic heterocycles. The van der Waals surface area contributed by atoms with Gasteiger partial charge in [-0.3, -0.25) is 5.73 Å². The zero-order valence-electron chi connectivity index (χ0n) is 21.5. The second-order valence-electron chi connectivity index (χ2n) is 9.16. The Kier molecular flexibility index (Phi) is 12.0. The second-order valence-corrected chi connectivity index (χ2v) is 9.16. The Morgan fingerprint density at radius 2 is 0.275 bits per heavy atom. The molecule has 1 nitrogen and oxygen atoms in total. The highest BCUT2D eigenvalue weighted by molar-refractivity contribution is 5.85. The molecule has 0 heterocycles. The van der Waals surface area contributed by atoms with Crippen LogP contribution in [-0.2, 0) is 0 Å². The monoisotopic (exact) mass is 871 g/mol. The van der Waals surface area contributed by atoms with Gasteiger partial charge in [0.05, 0.1) is 0 Å². The molecule has 35 heteroatoms. The van der Waals surface area contributed by atoms with Crippen molar-refractivity contribution in [2.24, 2.45) is 5.73 Å². The fraction of sp³-hybridized carbons (Fsp3) is 1.00. The van der Waals surface area contributed by atoms with Gasteiger partial charge in [-0.15, -0.1) is 12.4 Å². The molecule has 0 aromatic carbocycles. The number of nitrogens with two attached hydrogens (primary N) is 1. The van der Waals surface area contributed by atoms with Gasteiger partial charge in [-0.2, -0.15) is 145 Å². The Morgan fingerprint density at radius 3 is 0.373 bits per heavy atom. The lowest BCUT2D eigenvalue weighted by Crippen LogP contribution is -2.80. The molecule has 0 saturated heterocycles. The van der Waals surface area contributed by atoms with Crippen LogP contribution < -0.4 is 5.73 Å². The minimum Gasteiger partial charge on any atom is -0.267 e. The molecule has 51 heavy (non-hydrogen) atoms. The van der Waals surface area contributed by atoms with Gasteiger partial charge in [0.25, 0.3) is 0 Å². The third-order valence-electron chi connectivity index (χ3n) is 5.90. The molecule has 2 N–H and O–H groups in total. The molecule has 0 rings (SSSR count). The van der Waals surface area contributed by atoms with Crippen LogP contribution in [0.1, 0.15) is 0 Å². The molecule has 310 valence electrons. The molecular weight excluding hydrogens is 869 g/mol. The molecule has 0 spiro atoms. The Labute approximate surface area is 259 Å². The summed E-state index contributed by atoms with van der Waals surface area (Å²) in [5, 5.41) is 0. The SMILES string of the molecule is Cl.NC(F)(F)C(F)(F)C(F)(F)C(F)(F)C(F)(F)C(F)(F)C(F)(F)C(F)(F)C(F)(F)C(F)(F)C(F)(F)C(F)(F)C(F)(F)C(F)(F)C(F)(F)C(F)(F)F. The van der Waals surface area contributed by atoms with Crippen molar-refractivity contribution in [2.75, 3.05) is 0 Å². The van der Waals surface area contributed by atoms with Crippen LogP contribution in [0.15, 0.2) is 0 Å². The Balaban J connectivity index is 0. The van der Waals surface area contributed by atoms with E-state index in [4.69, 9.17) is 0 Å². The van der Waals surface area contributed by atoms with E-state index in [1.54, 1.807) is 0 Å². The van der Waals surface area contributed by atoms with Crippen LogP contribution in [-0.4, -0.2) is 95.1 Å². The van der Waals surface area contributed by atoms with E-state index in [1.165, 1.54) is 0 Å². The van der Waals surface area contributed by atoms with Gasteiger partial charge in [0.1, 0.15) is 0 Å². The first-order chi connectivity index (χ1) is 20.8. The lowest BCUT2D eigenvalue weighted by atomic mass is 9.83. The van der Waals surface area contributed by atoms with Crippen molar-refractivity contribution >= 4 is 12.4 Å².